The van der Waals surface area contributed by atoms with Crippen LogP contribution >= 0.6 is 0 Å². The van der Waals surface area contributed by atoms with Gasteiger partial charge in [0.15, 0.2) is 0 Å². The van der Waals surface area contributed by atoms with Gasteiger partial charge in [0.2, 0.25) is 0 Å². The highest BCUT2D eigenvalue weighted by atomic mass is 16.6. The van der Waals surface area contributed by atoms with Crippen molar-refractivity contribution in [3.8, 4) is 0 Å². The number of nitrogens with two attached hydrogens (primary N) is 1. The van der Waals surface area contributed by atoms with E-state index in [1.807, 2.05) is 12.3 Å². The van der Waals surface area contributed by atoms with Gasteiger partial charge in [-0.05, 0) is 24.6 Å². The van der Waals surface area contributed by atoms with Gasteiger partial charge in [-0.15, -0.1) is 0 Å². The molecule has 1 aromatic carbocycles. The lowest BCUT2D eigenvalue weighted by Crippen LogP contribution is -2.01. The number of hydrogen-bond donors (Lipinski definition) is 4. The van der Waals surface area contributed by atoms with E-state index in [0.29, 0.717) is 6.54 Å². The molecular weight excluding hydrogens is 208 g/mol. The van der Waals surface area contributed by atoms with Gasteiger partial charge in [0.05, 0.1) is 0 Å². The molecule has 2 aromatic rings. The average molecular weight is 222 g/mol. The zero-order chi connectivity index (χ0) is 12.0. The number of para-hydroxylation sites is 1. The van der Waals surface area contributed by atoms with E-state index in [4.69, 9.17) is 20.7 Å². The molecular formula is C11H14N2O3. The minimum absolute atomic E-state index is 0.710. The smallest absolute Gasteiger partial charge is 0.450 e. The van der Waals surface area contributed by atoms with Crippen LogP contribution in [0.2, 0.25) is 0 Å². The minimum Gasteiger partial charge on any atom is -0.450 e. The Balaban J connectivity index is 0.000000280. The molecule has 16 heavy (non-hydrogen) atoms. The van der Waals surface area contributed by atoms with Gasteiger partial charge in [-0.3, -0.25) is 0 Å². The molecule has 0 amide bonds. The first kappa shape index (κ1) is 12.1. The maximum atomic E-state index is 8.56. The van der Waals surface area contributed by atoms with Crippen LogP contribution in [0.3, 0.4) is 0 Å². The van der Waals surface area contributed by atoms with Crippen molar-refractivity contribution in [2.24, 2.45) is 5.73 Å². The highest BCUT2D eigenvalue weighted by Gasteiger charge is 1.99. The summed E-state index contributed by atoms with van der Waals surface area (Å²) >= 11 is 0. The van der Waals surface area contributed by atoms with Crippen LogP contribution in [0.15, 0.2) is 30.5 Å². The fraction of sp³-hybridized carbons (Fsp3) is 0.182. The molecule has 0 radical (unpaired) electrons. The minimum atomic E-state index is -1.83. The van der Waals surface area contributed by atoms with Crippen molar-refractivity contribution < 1.29 is 15.0 Å². The van der Waals surface area contributed by atoms with Crippen molar-refractivity contribution in [3.63, 3.8) is 0 Å². The quantitative estimate of drug-likeness (QED) is 0.623. The van der Waals surface area contributed by atoms with Gasteiger partial charge in [0, 0.05) is 17.1 Å². The van der Waals surface area contributed by atoms with Gasteiger partial charge in [-0.1, -0.05) is 18.2 Å². The van der Waals surface area contributed by atoms with Crippen LogP contribution in [0.4, 0.5) is 4.79 Å². The molecule has 1 aromatic heterocycles. The maximum Gasteiger partial charge on any atom is 0.503 e. The molecule has 5 N–H and O–H groups in total. The maximum absolute atomic E-state index is 8.56. The highest BCUT2D eigenvalue weighted by molar-refractivity contribution is 5.82. The van der Waals surface area contributed by atoms with Crippen LogP contribution in [0.5, 0.6) is 0 Å². The molecule has 2 rings (SSSR count). The molecule has 0 aliphatic carbocycles. The number of fused-ring (bicyclic) bond motifs is 1. The monoisotopic (exact) mass is 222 g/mol. The summed E-state index contributed by atoms with van der Waals surface area (Å²) in [6, 6.07) is 8.29. The van der Waals surface area contributed by atoms with E-state index in [2.05, 4.69) is 23.2 Å². The third-order valence-electron chi connectivity index (χ3n) is 2.09. The predicted octanol–water partition coefficient (Wildman–Crippen LogP) is 1.89. The number of hydrogen-bond acceptors (Lipinski definition) is 2. The van der Waals surface area contributed by atoms with Crippen molar-refractivity contribution in [2.75, 3.05) is 6.54 Å². The second-order valence-corrected chi connectivity index (χ2v) is 3.18. The Labute approximate surface area is 92.5 Å². The molecule has 0 atom stereocenters. The Morgan fingerprint density at radius 3 is 2.56 bits per heavy atom. The molecule has 0 aliphatic heterocycles. The van der Waals surface area contributed by atoms with E-state index >= 15 is 0 Å². The lowest BCUT2D eigenvalue weighted by Gasteiger charge is -1.93. The second-order valence-electron chi connectivity index (χ2n) is 3.18. The van der Waals surface area contributed by atoms with Gasteiger partial charge in [-0.25, -0.2) is 4.79 Å². The first-order valence-electron chi connectivity index (χ1n) is 4.82. The van der Waals surface area contributed by atoms with E-state index in [9.17, 15) is 0 Å². The van der Waals surface area contributed by atoms with E-state index in [1.54, 1.807) is 0 Å². The van der Waals surface area contributed by atoms with Crippen molar-refractivity contribution >= 4 is 17.1 Å². The van der Waals surface area contributed by atoms with Crippen LogP contribution in [-0.4, -0.2) is 27.9 Å². The van der Waals surface area contributed by atoms with Crippen LogP contribution < -0.4 is 5.73 Å². The van der Waals surface area contributed by atoms with Crippen molar-refractivity contribution in [1.29, 1.82) is 0 Å². The first-order valence-corrected chi connectivity index (χ1v) is 4.82. The molecule has 0 saturated heterocycles. The van der Waals surface area contributed by atoms with Crippen molar-refractivity contribution in [2.45, 2.75) is 6.42 Å². The number of carbonyl (C=O) groups is 1. The van der Waals surface area contributed by atoms with E-state index in [-0.39, 0.29) is 0 Å². The van der Waals surface area contributed by atoms with Gasteiger partial charge >= 0.3 is 6.16 Å². The summed E-state index contributed by atoms with van der Waals surface area (Å²) in [5.74, 6) is 0. The molecule has 5 nitrogen and oxygen atoms in total. The van der Waals surface area contributed by atoms with E-state index < -0.39 is 6.16 Å². The number of benzene rings is 1. The molecule has 0 unspecified atom stereocenters. The summed E-state index contributed by atoms with van der Waals surface area (Å²) in [5.41, 5.74) is 8.01. The SMILES string of the molecule is NCCc1c[nH]c2ccccc12.O=C(O)O. The van der Waals surface area contributed by atoms with Crippen LogP contribution in [0.25, 0.3) is 10.9 Å². The third-order valence-corrected chi connectivity index (χ3v) is 2.09. The second kappa shape index (κ2) is 5.77. The fourth-order valence-corrected chi connectivity index (χ4v) is 1.49. The Morgan fingerprint density at radius 1 is 1.31 bits per heavy atom. The predicted molar refractivity (Wildman–Crippen MR) is 61.7 cm³/mol. The molecule has 0 spiro atoms. The van der Waals surface area contributed by atoms with Crippen molar-refractivity contribution in [3.05, 3.63) is 36.0 Å². The molecule has 5 heteroatoms. The van der Waals surface area contributed by atoms with Crippen molar-refractivity contribution in [1.82, 2.24) is 4.98 Å². The van der Waals surface area contributed by atoms with Gasteiger partial charge in [0.25, 0.3) is 0 Å². The number of rotatable bonds is 2. The largest absolute Gasteiger partial charge is 0.503 e. The third kappa shape index (κ3) is 3.29. The normalized spacial score (nSPS) is 9.56. The van der Waals surface area contributed by atoms with Crippen LogP contribution in [-0.2, 0) is 6.42 Å². The first-order chi connectivity index (χ1) is 7.65. The molecule has 1 heterocycles. The highest BCUT2D eigenvalue weighted by Crippen LogP contribution is 2.17. The lowest BCUT2D eigenvalue weighted by atomic mass is 10.1. The molecule has 0 bridgehead atoms. The number of H-pyrrole nitrogens is 1. The Kier molecular flexibility index (Phi) is 4.35. The summed E-state index contributed by atoms with van der Waals surface area (Å²) < 4.78 is 0. The van der Waals surface area contributed by atoms with Crippen LogP contribution in [0, 0.1) is 0 Å². The number of aromatic amines is 1. The van der Waals surface area contributed by atoms with Crippen LogP contribution in [0.1, 0.15) is 5.56 Å². The van der Waals surface area contributed by atoms with Gasteiger partial charge in [-0.2, -0.15) is 0 Å². The Hall–Kier alpha value is -2.01. The van der Waals surface area contributed by atoms with E-state index in [0.717, 1.165) is 6.42 Å². The van der Waals surface area contributed by atoms with Gasteiger partial charge in [0.1, 0.15) is 0 Å². The number of nitrogens with one attached hydrogen (secondary N) is 1. The standard InChI is InChI=1S/C10H12N2.CH2O3/c11-6-5-8-7-12-10-4-2-1-3-9(8)10;2-1(3)4/h1-4,7,12H,5-6,11H2;(H2,2,3,4). The molecule has 0 saturated carbocycles. The molecule has 0 aliphatic rings. The summed E-state index contributed by atoms with van der Waals surface area (Å²) in [6.45, 7) is 0.710. The molecule has 86 valence electrons. The summed E-state index contributed by atoms with van der Waals surface area (Å²) in [5, 5.41) is 15.2. The summed E-state index contributed by atoms with van der Waals surface area (Å²) in [4.78, 5) is 11.8. The zero-order valence-electron chi connectivity index (χ0n) is 8.68. The average Bonchev–Trinajstić information content (AvgIpc) is 2.62. The van der Waals surface area contributed by atoms with Gasteiger partial charge < -0.3 is 20.9 Å². The number of aromatic nitrogens is 1. The Bertz CT molecular complexity index is 461. The fourth-order valence-electron chi connectivity index (χ4n) is 1.49. The topological polar surface area (TPSA) is 99.3 Å². The number of carboxylic acid groups (broad SMARTS) is 2. The summed E-state index contributed by atoms with van der Waals surface area (Å²) in [6.07, 6.45) is 1.15. The van der Waals surface area contributed by atoms with E-state index in [1.165, 1.54) is 16.5 Å². The molecule has 0 fully saturated rings. The summed E-state index contributed by atoms with van der Waals surface area (Å²) in [7, 11) is 0. The lowest BCUT2D eigenvalue weighted by molar-refractivity contribution is 0.137. The Morgan fingerprint density at radius 2 is 1.94 bits per heavy atom. The zero-order valence-corrected chi connectivity index (χ0v) is 8.68.